The normalized spacial score (nSPS) is 18.7. The fourth-order valence-electron chi connectivity index (χ4n) is 1.96. The summed E-state index contributed by atoms with van der Waals surface area (Å²) in [5, 5.41) is 0. The Morgan fingerprint density at radius 3 is 2.68 bits per heavy atom. The van der Waals surface area contributed by atoms with Gasteiger partial charge in [0.1, 0.15) is 11.9 Å². The SMILES string of the molecule is CCOC(=O)C1=C(C)OC(C)C(c2ccccc2)=N1. The number of allylic oxidation sites excluding steroid dienone is 1. The summed E-state index contributed by atoms with van der Waals surface area (Å²) in [5.74, 6) is 0.0611. The molecule has 0 fully saturated rings. The first kappa shape index (κ1) is 13.3. The summed E-state index contributed by atoms with van der Waals surface area (Å²) >= 11 is 0. The maximum atomic E-state index is 11.8. The van der Waals surface area contributed by atoms with Crippen LogP contribution in [0.25, 0.3) is 0 Å². The van der Waals surface area contributed by atoms with Crippen LogP contribution in [0.15, 0.2) is 46.8 Å². The monoisotopic (exact) mass is 259 g/mol. The van der Waals surface area contributed by atoms with Crippen LogP contribution >= 0.6 is 0 Å². The van der Waals surface area contributed by atoms with Crippen molar-refractivity contribution in [3.05, 3.63) is 47.4 Å². The van der Waals surface area contributed by atoms with Gasteiger partial charge in [0.25, 0.3) is 0 Å². The molecule has 0 amide bonds. The van der Waals surface area contributed by atoms with Gasteiger partial charge >= 0.3 is 5.97 Å². The standard InChI is InChI=1S/C15H17NO3/c1-4-18-15(17)14-11(3)19-10(2)13(16-14)12-8-6-5-7-9-12/h5-10H,4H2,1-3H3. The number of nitrogens with zero attached hydrogens (tertiary/aromatic N) is 1. The third-order valence-electron chi connectivity index (χ3n) is 2.84. The second-order valence-corrected chi connectivity index (χ2v) is 4.25. The van der Waals surface area contributed by atoms with Crippen molar-refractivity contribution in [2.75, 3.05) is 6.61 Å². The quantitative estimate of drug-likeness (QED) is 0.784. The summed E-state index contributed by atoms with van der Waals surface area (Å²) in [5.41, 5.74) is 1.94. The van der Waals surface area contributed by atoms with E-state index < -0.39 is 5.97 Å². The summed E-state index contributed by atoms with van der Waals surface area (Å²) < 4.78 is 10.7. The fraction of sp³-hybridized carbons (Fsp3) is 0.333. The van der Waals surface area contributed by atoms with Crippen LogP contribution in [0.2, 0.25) is 0 Å². The molecule has 0 N–H and O–H groups in total. The number of carbonyl (C=O) groups excluding carboxylic acids is 1. The van der Waals surface area contributed by atoms with E-state index in [-0.39, 0.29) is 11.8 Å². The van der Waals surface area contributed by atoms with Gasteiger partial charge < -0.3 is 9.47 Å². The molecule has 4 nitrogen and oxygen atoms in total. The van der Waals surface area contributed by atoms with Gasteiger partial charge in [0.2, 0.25) is 0 Å². The third-order valence-corrected chi connectivity index (χ3v) is 2.84. The molecule has 0 aliphatic carbocycles. The van der Waals surface area contributed by atoms with E-state index in [4.69, 9.17) is 9.47 Å². The lowest BCUT2D eigenvalue weighted by Crippen LogP contribution is -2.27. The zero-order valence-electron chi connectivity index (χ0n) is 11.3. The van der Waals surface area contributed by atoms with E-state index in [0.29, 0.717) is 12.4 Å². The van der Waals surface area contributed by atoms with Crippen LogP contribution in [0.4, 0.5) is 0 Å². The molecule has 1 unspecified atom stereocenters. The molecule has 2 rings (SSSR count). The second kappa shape index (κ2) is 5.69. The predicted molar refractivity (Wildman–Crippen MR) is 72.9 cm³/mol. The van der Waals surface area contributed by atoms with Crippen LogP contribution < -0.4 is 0 Å². The third kappa shape index (κ3) is 2.84. The number of hydrogen-bond acceptors (Lipinski definition) is 4. The van der Waals surface area contributed by atoms with Crippen molar-refractivity contribution in [2.45, 2.75) is 26.9 Å². The molecule has 0 saturated carbocycles. The molecular weight excluding hydrogens is 242 g/mol. The van der Waals surface area contributed by atoms with E-state index in [9.17, 15) is 4.79 Å². The van der Waals surface area contributed by atoms with Gasteiger partial charge in [0, 0.05) is 0 Å². The fourth-order valence-corrected chi connectivity index (χ4v) is 1.96. The van der Waals surface area contributed by atoms with Gasteiger partial charge in [0.05, 0.1) is 12.3 Å². The molecule has 0 radical (unpaired) electrons. The van der Waals surface area contributed by atoms with E-state index in [0.717, 1.165) is 11.3 Å². The van der Waals surface area contributed by atoms with Crippen LogP contribution in [-0.2, 0) is 14.3 Å². The van der Waals surface area contributed by atoms with Crippen molar-refractivity contribution in [3.8, 4) is 0 Å². The number of benzene rings is 1. The van der Waals surface area contributed by atoms with E-state index in [1.807, 2.05) is 37.3 Å². The van der Waals surface area contributed by atoms with Gasteiger partial charge in [-0.25, -0.2) is 9.79 Å². The van der Waals surface area contributed by atoms with Gasteiger partial charge in [-0.2, -0.15) is 0 Å². The predicted octanol–water partition coefficient (Wildman–Crippen LogP) is 2.69. The highest BCUT2D eigenvalue weighted by atomic mass is 16.5. The molecule has 4 heteroatoms. The molecule has 1 atom stereocenters. The van der Waals surface area contributed by atoms with E-state index in [2.05, 4.69) is 4.99 Å². The Morgan fingerprint density at radius 1 is 1.37 bits per heavy atom. The van der Waals surface area contributed by atoms with Crippen LogP contribution in [-0.4, -0.2) is 24.4 Å². The van der Waals surface area contributed by atoms with Crippen LogP contribution in [0.1, 0.15) is 26.3 Å². The Hall–Kier alpha value is -2.10. The maximum absolute atomic E-state index is 11.8. The lowest BCUT2D eigenvalue weighted by molar-refractivity contribution is -0.138. The minimum Gasteiger partial charge on any atom is -0.486 e. The van der Waals surface area contributed by atoms with Crippen molar-refractivity contribution in [2.24, 2.45) is 4.99 Å². The molecule has 19 heavy (non-hydrogen) atoms. The average molecular weight is 259 g/mol. The van der Waals surface area contributed by atoms with Crippen molar-refractivity contribution in [1.82, 2.24) is 0 Å². The zero-order valence-corrected chi connectivity index (χ0v) is 11.3. The zero-order chi connectivity index (χ0) is 13.8. The van der Waals surface area contributed by atoms with Gasteiger partial charge in [-0.3, -0.25) is 0 Å². The average Bonchev–Trinajstić information content (AvgIpc) is 2.40. The lowest BCUT2D eigenvalue weighted by Gasteiger charge is -2.23. The van der Waals surface area contributed by atoms with Crippen molar-refractivity contribution in [1.29, 1.82) is 0 Å². The molecule has 100 valence electrons. The molecule has 0 saturated heterocycles. The maximum Gasteiger partial charge on any atom is 0.360 e. The summed E-state index contributed by atoms with van der Waals surface area (Å²) in [6.45, 7) is 5.73. The molecule has 1 heterocycles. The summed E-state index contributed by atoms with van der Waals surface area (Å²) in [6, 6.07) is 9.69. The smallest absolute Gasteiger partial charge is 0.360 e. The minimum atomic E-state index is -0.444. The van der Waals surface area contributed by atoms with Crippen LogP contribution in [0.3, 0.4) is 0 Å². The van der Waals surface area contributed by atoms with Crippen LogP contribution in [0, 0.1) is 0 Å². The molecule has 1 aromatic rings. The number of esters is 1. The Kier molecular flexibility index (Phi) is 4.00. The van der Waals surface area contributed by atoms with E-state index in [1.54, 1.807) is 13.8 Å². The molecular formula is C15H17NO3. The highest BCUT2D eigenvalue weighted by Crippen LogP contribution is 2.22. The topological polar surface area (TPSA) is 47.9 Å². The van der Waals surface area contributed by atoms with Crippen molar-refractivity contribution < 1.29 is 14.3 Å². The summed E-state index contributed by atoms with van der Waals surface area (Å²) in [4.78, 5) is 16.3. The molecule has 0 aromatic heterocycles. The Morgan fingerprint density at radius 2 is 2.05 bits per heavy atom. The minimum absolute atomic E-state index is 0.180. The summed E-state index contributed by atoms with van der Waals surface area (Å²) in [6.07, 6.45) is -0.180. The number of carbonyl (C=O) groups is 1. The van der Waals surface area contributed by atoms with Gasteiger partial charge in [-0.1, -0.05) is 30.3 Å². The Labute approximate surface area is 112 Å². The first-order chi connectivity index (χ1) is 9.13. The largest absolute Gasteiger partial charge is 0.486 e. The van der Waals surface area contributed by atoms with Crippen molar-refractivity contribution in [3.63, 3.8) is 0 Å². The molecule has 1 aliphatic rings. The van der Waals surface area contributed by atoms with Crippen LogP contribution in [0.5, 0.6) is 0 Å². The second-order valence-electron chi connectivity index (χ2n) is 4.25. The highest BCUT2D eigenvalue weighted by molar-refractivity contribution is 6.07. The molecule has 1 aromatic carbocycles. The van der Waals surface area contributed by atoms with E-state index in [1.165, 1.54) is 0 Å². The highest BCUT2D eigenvalue weighted by Gasteiger charge is 2.26. The number of aliphatic imine (C=N–C) groups is 1. The molecule has 0 spiro atoms. The first-order valence-corrected chi connectivity index (χ1v) is 6.32. The summed E-state index contributed by atoms with van der Waals surface area (Å²) in [7, 11) is 0. The first-order valence-electron chi connectivity index (χ1n) is 6.32. The lowest BCUT2D eigenvalue weighted by atomic mass is 10.0. The number of ether oxygens (including phenoxy) is 2. The van der Waals surface area contributed by atoms with Crippen molar-refractivity contribution >= 4 is 11.7 Å². The van der Waals surface area contributed by atoms with Gasteiger partial charge in [0.15, 0.2) is 5.70 Å². The number of rotatable bonds is 3. The Bertz CT molecular complexity index is 532. The Balaban J connectivity index is 2.38. The van der Waals surface area contributed by atoms with Gasteiger partial charge in [-0.05, 0) is 26.3 Å². The van der Waals surface area contributed by atoms with E-state index >= 15 is 0 Å². The number of hydrogen-bond donors (Lipinski definition) is 0. The van der Waals surface area contributed by atoms with Gasteiger partial charge in [-0.15, -0.1) is 0 Å². The molecule has 0 bridgehead atoms. The molecule has 1 aliphatic heterocycles.